The molecule has 0 heterocycles. The van der Waals surface area contributed by atoms with Gasteiger partial charge in [-0.1, -0.05) is 23.7 Å². The summed E-state index contributed by atoms with van der Waals surface area (Å²) in [6.45, 7) is 0.480. The van der Waals surface area contributed by atoms with Crippen molar-refractivity contribution in [3.8, 4) is 17.6 Å². The van der Waals surface area contributed by atoms with Gasteiger partial charge in [0.1, 0.15) is 17.6 Å². The molecule has 0 unspecified atom stereocenters. The first-order chi connectivity index (χ1) is 10.7. The summed E-state index contributed by atoms with van der Waals surface area (Å²) < 4.78 is 5.65. The van der Waals surface area contributed by atoms with Crippen LogP contribution in [0, 0.1) is 11.3 Å². The van der Waals surface area contributed by atoms with Gasteiger partial charge in [-0.15, -0.1) is 0 Å². The Kier molecular flexibility index (Phi) is 5.70. The standard InChI is InChI=1S/C16H13ClN2O2S/c17-13-9-11(16(20)19-7-8-22)5-6-15(13)21-14-4-2-1-3-12(14)10-18/h1-6,9,22H,7-8H2,(H,19,20). The van der Waals surface area contributed by atoms with Gasteiger partial charge in [-0.2, -0.15) is 17.9 Å². The Balaban J connectivity index is 2.20. The highest BCUT2D eigenvalue weighted by molar-refractivity contribution is 7.80. The summed E-state index contributed by atoms with van der Waals surface area (Å²) >= 11 is 10.2. The van der Waals surface area contributed by atoms with E-state index in [1.165, 1.54) is 6.07 Å². The fraction of sp³-hybridized carbons (Fsp3) is 0.125. The van der Waals surface area contributed by atoms with Gasteiger partial charge in [-0.3, -0.25) is 4.79 Å². The van der Waals surface area contributed by atoms with Crippen LogP contribution in [-0.2, 0) is 0 Å². The Labute approximate surface area is 139 Å². The largest absolute Gasteiger partial charge is 0.454 e. The molecule has 0 aliphatic rings. The maximum Gasteiger partial charge on any atom is 0.251 e. The predicted molar refractivity (Wildman–Crippen MR) is 88.9 cm³/mol. The molecule has 0 fully saturated rings. The lowest BCUT2D eigenvalue weighted by atomic mass is 10.2. The summed E-state index contributed by atoms with van der Waals surface area (Å²) in [5, 5.41) is 12.0. The third-order valence-corrected chi connectivity index (χ3v) is 3.34. The molecule has 6 heteroatoms. The molecule has 0 radical (unpaired) electrons. The summed E-state index contributed by atoms with van der Waals surface area (Å²) in [5.74, 6) is 1.14. The van der Waals surface area contributed by atoms with Gasteiger partial charge in [-0.05, 0) is 30.3 Å². The molecule has 0 atom stereocenters. The molecule has 1 amide bonds. The zero-order valence-corrected chi connectivity index (χ0v) is 13.2. The van der Waals surface area contributed by atoms with Gasteiger partial charge in [0.25, 0.3) is 5.91 Å². The quantitative estimate of drug-likeness (QED) is 0.821. The summed E-state index contributed by atoms with van der Waals surface area (Å²) in [4.78, 5) is 11.8. The van der Waals surface area contributed by atoms with E-state index in [4.69, 9.17) is 21.6 Å². The van der Waals surface area contributed by atoms with Crippen molar-refractivity contribution in [3.05, 3.63) is 58.6 Å². The van der Waals surface area contributed by atoms with Gasteiger partial charge in [0.05, 0.1) is 10.6 Å². The predicted octanol–water partition coefficient (Wildman–Crippen LogP) is 3.66. The van der Waals surface area contributed by atoms with Gasteiger partial charge in [-0.25, -0.2) is 0 Å². The van der Waals surface area contributed by atoms with E-state index in [0.717, 1.165) is 0 Å². The van der Waals surface area contributed by atoms with E-state index in [0.29, 0.717) is 39.9 Å². The first-order valence-electron chi connectivity index (χ1n) is 6.51. The van der Waals surface area contributed by atoms with Crippen molar-refractivity contribution in [1.29, 1.82) is 5.26 Å². The van der Waals surface area contributed by atoms with Gasteiger partial charge in [0, 0.05) is 17.9 Å². The van der Waals surface area contributed by atoms with E-state index in [9.17, 15) is 4.79 Å². The maximum atomic E-state index is 11.8. The monoisotopic (exact) mass is 332 g/mol. The van der Waals surface area contributed by atoms with Crippen molar-refractivity contribution >= 4 is 30.1 Å². The zero-order chi connectivity index (χ0) is 15.9. The van der Waals surface area contributed by atoms with Crippen molar-refractivity contribution in [1.82, 2.24) is 5.32 Å². The lowest BCUT2D eigenvalue weighted by Crippen LogP contribution is -2.25. The average molecular weight is 333 g/mol. The lowest BCUT2D eigenvalue weighted by molar-refractivity contribution is 0.0956. The molecule has 2 rings (SSSR count). The Morgan fingerprint density at radius 3 is 2.73 bits per heavy atom. The molecular weight excluding hydrogens is 320 g/mol. The average Bonchev–Trinajstić information content (AvgIpc) is 2.54. The van der Waals surface area contributed by atoms with Crippen LogP contribution in [0.25, 0.3) is 0 Å². The number of nitrogens with zero attached hydrogens (tertiary/aromatic N) is 1. The van der Waals surface area contributed by atoms with Gasteiger partial charge < -0.3 is 10.1 Å². The number of carbonyl (C=O) groups is 1. The minimum Gasteiger partial charge on any atom is -0.454 e. The molecule has 2 aromatic rings. The third-order valence-electron chi connectivity index (χ3n) is 2.82. The van der Waals surface area contributed by atoms with Gasteiger partial charge in [0.15, 0.2) is 0 Å². The SMILES string of the molecule is N#Cc1ccccc1Oc1ccc(C(=O)NCCS)cc1Cl. The number of benzene rings is 2. The number of rotatable bonds is 5. The zero-order valence-electron chi connectivity index (χ0n) is 11.5. The molecule has 0 aliphatic heterocycles. The van der Waals surface area contributed by atoms with Crippen LogP contribution in [0.15, 0.2) is 42.5 Å². The number of carbonyl (C=O) groups excluding carboxylic acids is 1. The molecule has 1 N–H and O–H groups in total. The number of thiol groups is 1. The van der Waals surface area contributed by atoms with E-state index in [1.807, 2.05) is 6.07 Å². The highest BCUT2D eigenvalue weighted by atomic mass is 35.5. The summed E-state index contributed by atoms with van der Waals surface area (Å²) in [6, 6.07) is 13.7. The molecular formula is C16H13ClN2O2S. The molecule has 0 aliphatic carbocycles. The molecule has 0 saturated carbocycles. The van der Waals surface area contributed by atoms with E-state index < -0.39 is 0 Å². The van der Waals surface area contributed by atoms with Crippen molar-refractivity contribution in [3.63, 3.8) is 0 Å². The smallest absolute Gasteiger partial charge is 0.251 e. The first-order valence-corrected chi connectivity index (χ1v) is 7.52. The van der Waals surface area contributed by atoms with Crippen LogP contribution in [0.1, 0.15) is 15.9 Å². The minimum absolute atomic E-state index is 0.222. The van der Waals surface area contributed by atoms with Crippen molar-refractivity contribution in [2.45, 2.75) is 0 Å². The van der Waals surface area contributed by atoms with Crippen LogP contribution in [0.2, 0.25) is 5.02 Å². The fourth-order valence-corrected chi connectivity index (χ4v) is 2.09. The second kappa shape index (κ2) is 7.74. The summed E-state index contributed by atoms with van der Waals surface area (Å²) in [5.41, 5.74) is 0.849. The fourth-order valence-electron chi connectivity index (χ4n) is 1.76. The summed E-state index contributed by atoms with van der Waals surface area (Å²) in [6.07, 6.45) is 0. The normalized spacial score (nSPS) is 9.86. The molecule has 0 spiro atoms. The lowest BCUT2D eigenvalue weighted by Gasteiger charge is -2.10. The Hall–Kier alpha value is -2.16. The molecule has 0 aromatic heterocycles. The van der Waals surface area contributed by atoms with Crippen LogP contribution in [-0.4, -0.2) is 18.2 Å². The molecule has 0 bridgehead atoms. The minimum atomic E-state index is -0.222. The first kappa shape index (κ1) is 16.2. The molecule has 4 nitrogen and oxygen atoms in total. The van der Waals surface area contributed by atoms with E-state index in [-0.39, 0.29) is 5.91 Å². The Morgan fingerprint density at radius 2 is 2.05 bits per heavy atom. The number of hydrogen-bond donors (Lipinski definition) is 2. The van der Waals surface area contributed by atoms with E-state index in [2.05, 4.69) is 17.9 Å². The number of nitrogens with one attached hydrogen (secondary N) is 1. The van der Waals surface area contributed by atoms with Crippen LogP contribution in [0.4, 0.5) is 0 Å². The van der Waals surface area contributed by atoms with Crippen molar-refractivity contribution in [2.75, 3.05) is 12.3 Å². The number of amides is 1. The number of nitriles is 1. The Morgan fingerprint density at radius 1 is 1.27 bits per heavy atom. The Bertz CT molecular complexity index is 728. The van der Waals surface area contributed by atoms with Crippen molar-refractivity contribution < 1.29 is 9.53 Å². The van der Waals surface area contributed by atoms with E-state index in [1.54, 1.807) is 36.4 Å². The maximum absolute atomic E-state index is 11.8. The second-order valence-corrected chi connectivity index (χ2v) is 5.19. The summed E-state index contributed by atoms with van der Waals surface area (Å²) in [7, 11) is 0. The molecule has 0 saturated heterocycles. The van der Waals surface area contributed by atoms with Crippen LogP contribution in [0.3, 0.4) is 0 Å². The van der Waals surface area contributed by atoms with Crippen LogP contribution >= 0.6 is 24.2 Å². The van der Waals surface area contributed by atoms with Crippen molar-refractivity contribution in [2.24, 2.45) is 0 Å². The molecule has 2 aromatic carbocycles. The molecule has 22 heavy (non-hydrogen) atoms. The second-order valence-electron chi connectivity index (χ2n) is 4.33. The number of para-hydroxylation sites is 1. The van der Waals surface area contributed by atoms with E-state index >= 15 is 0 Å². The van der Waals surface area contributed by atoms with Gasteiger partial charge >= 0.3 is 0 Å². The number of hydrogen-bond acceptors (Lipinski definition) is 4. The topological polar surface area (TPSA) is 62.1 Å². The van der Waals surface area contributed by atoms with Crippen LogP contribution in [0.5, 0.6) is 11.5 Å². The highest BCUT2D eigenvalue weighted by Gasteiger charge is 2.11. The highest BCUT2D eigenvalue weighted by Crippen LogP contribution is 2.31. The number of halogens is 1. The number of ether oxygens (including phenoxy) is 1. The molecule has 112 valence electrons. The van der Waals surface area contributed by atoms with Crippen LogP contribution < -0.4 is 10.1 Å². The third kappa shape index (κ3) is 3.94. The van der Waals surface area contributed by atoms with Gasteiger partial charge in [0.2, 0.25) is 0 Å².